The topological polar surface area (TPSA) is 59.9 Å². The van der Waals surface area contributed by atoms with Gasteiger partial charge in [-0.05, 0) is 23.6 Å². The fourth-order valence-corrected chi connectivity index (χ4v) is 2.25. The van der Waals surface area contributed by atoms with Gasteiger partial charge in [-0.15, -0.1) is 11.3 Å². The molecule has 1 amide bonds. The van der Waals surface area contributed by atoms with Gasteiger partial charge in [-0.2, -0.15) is 13.9 Å². The van der Waals surface area contributed by atoms with E-state index < -0.39 is 6.61 Å². The zero-order valence-electron chi connectivity index (χ0n) is 11.5. The number of hydrogen-bond acceptors (Lipinski definition) is 5. The number of halogens is 2. The van der Waals surface area contributed by atoms with Crippen LogP contribution in [0.5, 0.6) is 11.5 Å². The summed E-state index contributed by atoms with van der Waals surface area (Å²) in [7, 11) is 1.34. The van der Waals surface area contributed by atoms with Gasteiger partial charge in [-0.25, -0.2) is 5.43 Å². The van der Waals surface area contributed by atoms with Gasteiger partial charge in [0, 0.05) is 5.56 Å². The molecule has 116 valence electrons. The first-order valence-corrected chi connectivity index (χ1v) is 6.98. The molecule has 0 aliphatic rings. The van der Waals surface area contributed by atoms with Crippen LogP contribution in [0.25, 0.3) is 0 Å². The molecule has 0 saturated heterocycles. The lowest BCUT2D eigenvalue weighted by atomic mass is 10.2. The van der Waals surface area contributed by atoms with Crippen LogP contribution in [0.2, 0.25) is 0 Å². The minimum Gasteiger partial charge on any atom is -0.493 e. The van der Waals surface area contributed by atoms with E-state index in [2.05, 4.69) is 15.3 Å². The third kappa shape index (κ3) is 4.01. The van der Waals surface area contributed by atoms with Crippen LogP contribution < -0.4 is 14.9 Å². The number of nitrogens with one attached hydrogen (secondary N) is 1. The second kappa shape index (κ2) is 7.51. The lowest BCUT2D eigenvalue weighted by Crippen LogP contribution is -2.16. The summed E-state index contributed by atoms with van der Waals surface area (Å²) >= 11 is 1.27. The molecule has 2 rings (SSSR count). The Morgan fingerprint density at radius 1 is 1.36 bits per heavy atom. The molecule has 0 saturated carbocycles. The summed E-state index contributed by atoms with van der Waals surface area (Å²) in [6.07, 6.45) is 1.21. The Bertz CT molecular complexity index is 660. The molecule has 5 nitrogen and oxygen atoms in total. The highest BCUT2D eigenvalue weighted by Gasteiger charge is 2.14. The van der Waals surface area contributed by atoms with Gasteiger partial charge in [0.05, 0.1) is 18.2 Å². The summed E-state index contributed by atoms with van der Waals surface area (Å²) in [5, 5.41) is 5.50. The molecule has 0 radical (unpaired) electrons. The lowest BCUT2D eigenvalue weighted by Gasteiger charge is -2.11. The fraction of sp³-hybridized carbons (Fsp3) is 0.143. The monoisotopic (exact) mass is 326 g/mol. The number of hydrazone groups is 1. The number of nitrogens with zero attached hydrogens (tertiary/aromatic N) is 1. The molecule has 1 N–H and O–H groups in total. The summed E-state index contributed by atoms with van der Waals surface area (Å²) in [4.78, 5) is 12.2. The first-order valence-electron chi connectivity index (χ1n) is 6.10. The van der Waals surface area contributed by atoms with Gasteiger partial charge in [0.1, 0.15) is 0 Å². The highest BCUT2D eigenvalue weighted by molar-refractivity contribution is 7.12. The second-order valence-corrected chi connectivity index (χ2v) is 4.88. The summed E-state index contributed by atoms with van der Waals surface area (Å²) in [5.41, 5.74) is 2.56. The van der Waals surface area contributed by atoms with E-state index in [1.165, 1.54) is 36.8 Å². The van der Waals surface area contributed by atoms with Gasteiger partial charge in [0.15, 0.2) is 11.5 Å². The van der Waals surface area contributed by atoms with Crippen LogP contribution in [-0.2, 0) is 0 Å². The molecule has 0 unspecified atom stereocenters. The van der Waals surface area contributed by atoms with Gasteiger partial charge in [-0.3, -0.25) is 4.79 Å². The third-order valence-electron chi connectivity index (χ3n) is 2.55. The number of carbonyl (C=O) groups is 1. The number of para-hydroxylation sites is 1. The molecule has 22 heavy (non-hydrogen) atoms. The Hall–Kier alpha value is -2.48. The number of amides is 1. The summed E-state index contributed by atoms with van der Waals surface area (Å²) in [6.45, 7) is -3.00. The maximum absolute atomic E-state index is 12.5. The van der Waals surface area contributed by atoms with Crippen LogP contribution in [0, 0.1) is 0 Å². The van der Waals surface area contributed by atoms with E-state index in [1.54, 1.807) is 23.6 Å². The molecule has 0 bridgehead atoms. The zero-order valence-corrected chi connectivity index (χ0v) is 12.3. The van der Waals surface area contributed by atoms with E-state index in [0.29, 0.717) is 4.88 Å². The van der Waals surface area contributed by atoms with Crippen molar-refractivity contribution >= 4 is 23.5 Å². The van der Waals surface area contributed by atoms with Crippen molar-refractivity contribution in [3.05, 3.63) is 46.2 Å². The van der Waals surface area contributed by atoms with Crippen LogP contribution in [0.4, 0.5) is 8.78 Å². The van der Waals surface area contributed by atoms with Gasteiger partial charge >= 0.3 is 6.61 Å². The van der Waals surface area contributed by atoms with Gasteiger partial charge in [-0.1, -0.05) is 12.1 Å². The van der Waals surface area contributed by atoms with Crippen molar-refractivity contribution in [2.24, 2.45) is 5.10 Å². The smallest absolute Gasteiger partial charge is 0.387 e. The van der Waals surface area contributed by atoms with Crippen LogP contribution in [0.3, 0.4) is 0 Å². The summed E-state index contributed by atoms with van der Waals surface area (Å²) < 4.78 is 34.3. The van der Waals surface area contributed by atoms with Gasteiger partial charge in [0.2, 0.25) is 0 Å². The summed E-state index contributed by atoms with van der Waals surface area (Å²) in [6, 6.07) is 7.98. The molecular weight excluding hydrogens is 314 g/mol. The number of thiophene rings is 1. The normalized spacial score (nSPS) is 10.9. The Labute approximate surface area is 129 Å². The first-order chi connectivity index (χ1) is 10.6. The lowest BCUT2D eigenvalue weighted by molar-refractivity contribution is -0.0513. The quantitative estimate of drug-likeness (QED) is 0.655. The molecule has 1 aromatic carbocycles. The number of ether oxygens (including phenoxy) is 2. The molecule has 0 spiro atoms. The van der Waals surface area contributed by atoms with Crippen LogP contribution in [0.15, 0.2) is 40.8 Å². The van der Waals surface area contributed by atoms with E-state index in [-0.39, 0.29) is 23.0 Å². The largest absolute Gasteiger partial charge is 0.493 e. The fourth-order valence-electron chi connectivity index (χ4n) is 1.63. The van der Waals surface area contributed by atoms with Crippen molar-refractivity contribution in [3.8, 4) is 11.5 Å². The summed E-state index contributed by atoms with van der Waals surface area (Å²) in [5.74, 6) is -0.381. The molecular formula is C14H12F2N2O3S. The molecule has 0 fully saturated rings. The molecule has 1 heterocycles. The maximum atomic E-state index is 12.5. The predicted octanol–water partition coefficient (Wildman–Crippen LogP) is 3.12. The average Bonchev–Trinajstić information content (AvgIpc) is 3.02. The van der Waals surface area contributed by atoms with Crippen molar-refractivity contribution in [2.75, 3.05) is 7.11 Å². The minimum atomic E-state index is -3.00. The Kier molecular flexibility index (Phi) is 5.42. The van der Waals surface area contributed by atoms with Crippen molar-refractivity contribution in [3.63, 3.8) is 0 Å². The highest BCUT2D eigenvalue weighted by atomic mass is 32.1. The van der Waals surface area contributed by atoms with Crippen molar-refractivity contribution < 1.29 is 23.0 Å². The van der Waals surface area contributed by atoms with Crippen LogP contribution >= 0.6 is 11.3 Å². The molecule has 1 aromatic heterocycles. The van der Waals surface area contributed by atoms with Gasteiger partial charge in [0.25, 0.3) is 5.91 Å². The van der Waals surface area contributed by atoms with E-state index in [4.69, 9.17) is 4.74 Å². The Balaban J connectivity index is 2.14. The number of alkyl halides is 2. The van der Waals surface area contributed by atoms with E-state index in [9.17, 15) is 13.6 Å². The first kappa shape index (κ1) is 15.9. The van der Waals surface area contributed by atoms with Crippen molar-refractivity contribution in [1.82, 2.24) is 5.43 Å². The predicted molar refractivity (Wildman–Crippen MR) is 79.0 cm³/mol. The highest BCUT2D eigenvalue weighted by Crippen LogP contribution is 2.31. The molecule has 0 aliphatic heterocycles. The molecule has 0 aliphatic carbocycles. The zero-order chi connectivity index (χ0) is 15.9. The van der Waals surface area contributed by atoms with E-state index in [0.717, 1.165) is 0 Å². The van der Waals surface area contributed by atoms with Crippen molar-refractivity contribution in [1.29, 1.82) is 0 Å². The van der Waals surface area contributed by atoms with Crippen LogP contribution in [-0.4, -0.2) is 25.8 Å². The third-order valence-corrected chi connectivity index (χ3v) is 3.42. The Morgan fingerprint density at radius 3 is 2.82 bits per heavy atom. The van der Waals surface area contributed by atoms with E-state index in [1.807, 2.05) is 0 Å². The van der Waals surface area contributed by atoms with E-state index >= 15 is 0 Å². The SMILES string of the molecule is COc1cccc(/C=N\NC(=O)c2cccs2)c1OC(F)F. The van der Waals surface area contributed by atoms with Crippen LogP contribution in [0.1, 0.15) is 15.2 Å². The molecule has 0 atom stereocenters. The number of hydrogen-bond donors (Lipinski definition) is 1. The average molecular weight is 326 g/mol. The van der Waals surface area contributed by atoms with Gasteiger partial charge < -0.3 is 9.47 Å². The number of carbonyl (C=O) groups excluding carboxylic acids is 1. The number of methoxy groups -OCH3 is 1. The number of rotatable bonds is 6. The maximum Gasteiger partial charge on any atom is 0.387 e. The second-order valence-electron chi connectivity index (χ2n) is 3.93. The standard InChI is InChI=1S/C14H12F2N2O3S/c1-20-10-5-2-4-9(12(10)21-14(15)16)8-17-18-13(19)11-6-3-7-22-11/h2-8,14H,1H3,(H,18,19)/b17-8-. The van der Waals surface area contributed by atoms with Crippen molar-refractivity contribution in [2.45, 2.75) is 6.61 Å². The number of benzene rings is 1. The Morgan fingerprint density at radius 2 is 2.18 bits per heavy atom. The molecule has 2 aromatic rings. The minimum absolute atomic E-state index is 0.144. The molecule has 8 heteroatoms.